The Morgan fingerprint density at radius 3 is 3.22 bits per heavy atom. The summed E-state index contributed by atoms with van der Waals surface area (Å²) >= 11 is 1.94. The van der Waals surface area contributed by atoms with Crippen molar-refractivity contribution in [3.8, 4) is 0 Å². The number of fused-ring (bicyclic) bond motifs is 1. The molecule has 0 fully saturated rings. The monoisotopic (exact) mass is 266 g/mol. The highest BCUT2D eigenvalue weighted by Gasteiger charge is 2.21. The molecule has 1 aromatic heterocycles. The summed E-state index contributed by atoms with van der Waals surface area (Å²) in [5.74, 6) is 0.744. The van der Waals surface area contributed by atoms with Crippen molar-refractivity contribution in [3.05, 3.63) is 21.9 Å². The Balaban J connectivity index is 1.74. The molecule has 1 heterocycles. The van der Waals surface area contributed by atoms with Crippen molar-refractivity contribution in [2.24, 2.45) is 0 Å². The molecule has 0 saturated heterocycles. The normalized spacial score (nSPS) is 20.7. The largest absolute Gasteiger partial charge is 0.315 e. The third-order valence-corrected chi connectivity index (χ3v) is 4.76. The van der Waals surface area contributed by atoms with Gasteiger partial charge in [0.1, 0.15) is 0 Å². The van der Waals surface area contributed by atoms with Gasteiger partial charge in [0, 0.05) is 24.0 Å². The molecule has 2 N–H and O–H groups in total. The zero-order chi connectivity index (χ0) is 12.8. The standard InChI is InChI=1S/C15H26N2S/c1-3-8-16-10-12(2)17-11-13-5-4-6-15-14(13)7-9-18-15/h7,9,12-13,16-17H,3-6,8,10-11H2,1-2H3. The van der Waals surface area contributed by atoms with Crippen LogP contribution in [0.4, 0.5) is 0 Å². The molecule has 0 saturated carbocycles. The average Bonchev–Trinajstić information content (AvgIpc) is 2.85. The van der Waals surface area contributed by atoms with Crippen molar-refractivity contribution < 1.29 is 0 Å². The third kappa shape index (κ3) is 3.81. The first-order chi connectivity index (χ1) is 8.81. The molecule has 0 aromatic carbocycles. The fraction of sp³-hybridized carbons (Fsp3) is 0.733. The van der Waals surface area contributed by atoms with Crippen LogP contribution in [-0.2, 0) is 6.42 Å². The molecule has 2 unspecified atom stereocenters. The van der Waals surface area contributed by atoms with Crippen LogP contribution in [0.3, 0.4) is 0 Å². The van der Waals surface area contributed by atoms with Crippen molar-refractivity contribution in [1.82, 2.24) is 10.6 Å². The van der Waals surface area contributed by atoms with E-state index in [0.717, 1.165) is 25.6 Å². The van der Waals surface area contributed by atoms with Crippen LogP contribution >= 0.6 is 11.3 Å². The second-order valence-corrected chi connectivity index (χ2v) is 6.40. The Bertz CT molecular complexity index is 348. The first-order valence-electron chi connectivity index (χ1n) is 7.31. The molecule has 2 rings (SSSR count). The quantitative estimate of drug-likeness (QED) is 0.741. The van der Waals surface area contributed by atoms with Gasteiger partial charge in [-0.2, -0.15) is 0 Å². The molecule has 1 aromatic rings. The Kier molecular flexibility index (Phi) is 5.67. The van der Waals surface area contributed by atoms with E-state index >= 15 is 0 Å². The maximum Gasteiger partial charge on any atom is 0.0164 e. The summed E-state index contributed by atoms with van der Waals surface area (Å²) in [5, 5.41) is 9.42. The summed E-state index contributed by atoms with van der Waals surface area (Å²) < 4.78 is 0. The molecular formula is C15H26N2S. The summed E-state index contributed by atoms with van der Waals surface area (Å²) in [6.45, 7) is 7.84. The predicted octanol–water partition coefficient (Wildman–Crippen LogP) is 3.15. The number of aryl methyl sites for hydroxylation is 1. The van der Waals surface area contributed by atoms with Gasteiger partial charge in [-0.15, -0.1) is 11.3 Å². The number of nitrogens with one attached hydrogen (secondary N) is 2. The van der Waals surface area contributed by atoms with Crippen LogP contribution in [0, 0.1) is 0 Å². The first-order valence-corrected chi connectivity index (χ1v) is 8.19. The van der Waals surface area contributed by atoms with E-state index in [2.05, 4.69) is 35.9 Å². The molecule has 0 radical (unpaired) electrons. The second kappa shape index (κ2) is 7.27. The van der Waals surface area contributed by atoms with E-state index in [9.17, 15) is 0 Å². The Morgan fingerprint density at radius 1 is 1.50 bits per heavy atom. The summed E-state index contributed by atoms with van der Waals surface area (Å²) in [7, 11) is 0. The van der Waals surface area contributed by atoms with Gasteiger partial charge in [-0.25, -0.2) is 0 Å². The minimum atomic E-state index is 0.570. The predicted molar refractivity (Wildman–Crippen MR) is 80.6 cm³/mol. The minimum absolute atomic E-state index is 0.570. The van der Waals surface area contributed by atoms with Crippen LogP contribution in [0.1, 0.15) is 49.5 Å². The van der Waals surface area contributed by atoms with Crippen LogP contribution < -0.4 is 10.6 Å². The lowest BCUT2D eigenvalue weighted by atomic mass is 9.87. The van der Waals surface area contributed by atoms with Gasteiger partial charge in [0.2, 0.25) is 0 Å². The Morgan fingerprint density at radius 2 is 2.39 bits per heavy atom. The minimum Gasteiger partial charge on any atom is -0.315 e. The Hall–Kier alpha value is -0.380. The second-order valence-electron chi connectivity index (χ2n) is 5.40. The van der Waals surface area contributed by atoms with Crippen molar-refractivity contribution in [2.45, 2.75) is 51.5 Å². The van der Waals surface area contributed by atoms with Crippen molar-refractivity contribution in [3.63, 3.8) is 0 Å². The van der Waals surface area contributed by atoms with E-state index in [-0.39, 0.29) is 0 Å². The van der Waals surface area contributed by atoms with Gasteiger partial charge in [-0.05, 0) is 62.1 Å². The van der Waals surface area contributed by atoms with Crippen LogP contribution in [0.15, 0.2) is 11.4 Å². The number of hydrogen-bond donors (Lipinski definition) is 2. The Labute approximate surface area is 115 Å². The number of thiophene rings is 1. The summed E-state index contributed by atoms with van der Waals surface area (Å²) in [6.07, 6.45) is 5.24. The molecule has 1 aliphatic carbocycles. The van der Waals surface area contributed by atoms with Gasteiger partial charge < -0.3 is 10.6 Å². The number of hydrogen-bond acceptors (Lipinski definition) is 3. The zero-order valence-electron chi connectivity index (χ0n) is 11.7. The molecule has 3 heteroatoms. The van der Waals surface area contributed by atoms with E-state index in [1.54, 1.807) is 10.4 Å². The van der Waals surface area contributed by atoms with E-state index in [0.29, 0.717) is 6.04 Å². The fourth-order valence-electron chi connectivity index (χ4n) is 2.70. The molecule has 102 valence electrons. The average molecular weight is 266 g/mol. The molecule has 2 nitrogen and oxygen atoms in total. The van der Waals surface area contributed by atoms with E-state index in [1.807, 2.05) is 11.3 Å². The molecule has 0 amide bonds. The van der Waals surface area contributed by atoms with E-state index in [4.69, 9.17) is 0 Å². The van der Waals surface area contributed by atoms with Crippen molar-refractivity contribution in [2.75, 3.05) is 19.6 Å². The van der Waals surface area contributed by atoms with Crippen LogP contribution in [0.2, 0.25) is 0 Å². The number of rotatable bonds is 7. The summed E-state index contributed by atoms with van der Waals surface area (Å²) in [6, 6.07) is 2.91. The zero-order valence-corrected chi connectivity index (χ0v) is 12.5. The highest BCUT2D eigenvalue weighted by molar-refractivity contribution is 7.10. The summed E-state index contributed by atoms with van der Waals surface area (Å²) in [5.41, 5.74) is 1.62. The third-order valence-electron chi connectivity index (χ3n) is 3.77. The van der Waals surface area contributed by atoms with Gasteiger partial charge >= 0.3 is 0 Å². The SMILES string of the molecule is CCCNCC(C)NCC1CCCc2sccc21. The van der Waals surface area contributed by atoms with Crippen LogP contribution in [0.25, 0.3) is 0 Å². The molecular weight excluding hydrogens is 240 g/mol. The highest BCUT2D eigenvalue weighted by atomic mass is 32.1. The molecule has 0 bridgehead atoms. The molecule has 18 heavy (non-hydrogen) atoms. The molecule has 1 aliphatic rings. The lowest BCUT2D eigenvalue weighted by molar-refractivity contribution is 0.450. The topological polar surface area (TPSA) is 24.1 Å². The van der Waals surface area contributed by atoms with Crippen LogP contribution in [-0.4, -0.2) is 25.7 Å². The van der Waals surface area contributed by atoms with Crippen LogP contribution in [0.5, 0.6) is 0 Å². The van der Waals surface area contributed by atoms with Crippen molar-refractivity contribution in [1.29, 1.82) is 0 Å². The maximum absolute atomic E-state index is 3.68. The van der Waals surface area contributed by atoms with Gasteiger partial charge in [-0.3, -0.25) is 0 Å². The smallest absolute Gasteiger partial charge is 0.0164 e. The highest BCUT2D eigenvalue weighted by Crippen LogP contribution is 2.34. The van der Waals surface area contributed by atoms with Crippen molar-refractivity contribution >= 4 is 11.3 Å². The molecule has 2 atom stereocenters. The molecule has 0 spiro atoms. The first kappa shape index (κ1) is 14.0. The van der Waals surface area contributed by atoms with E-state index in [1.165, 1.54) is 25.7 Å². The fourth-order valence-corrected chi connectivity index (χ4v) is 3.72. The molecule has 0 aliphatic heterocycles. The summed E-state index contributed by atoms with van der Waals surface area (Å²) in [4.78, 5) is 1.63. The van der Waals surface area contributed by atoms with E-state index < -0.39 is 0 Å². The van der Waals surface area contributed by atoms with Gasteiger partial charge in [0.15, 0.2) is 0 Å². The van der Waals surface area contributed by atoms with Gasteiger partial charge in [-0.1, -0.05) is 6.92 Å². The van der Waals surface area contributed by atoms with Gasteiger partial charge in [0.05, 0.1) is 0 Å². The maximum atomic E-state index is 3.68. The van der Waals surface area contributed by atoms with Gasteiger partial charge in [0.25, 0.3) is 0 Å². The lowest BCUT2D eigenvalue weighted by Gasteiger charge is -2.25. The lowest BCUT2D eigenvalue weighted by Crippen LogP contribution is -2.39.